The molecule has 0 fully saturated rings. The normalized spacial score (nSPS) is 11.6. The molecule has 0 aromatic carbocycles. The minimum Gasteiger partial charge on any atom is -0.465 e. The van der Waals surface area contributed by atoms with Crippen molar-refractivity contribution in [3.8, 4) is 0 Å². The van der Waals surface area contributed by atoms with Crippen LogP contribution in [0.25, 0.3) is 0 Å². The lowest BCUT2D eigenvalue weighted by molar-refractivity contribution is -0.146. The molecule has 0 aliphatic carbocycles. The molecule has 362 valence electrons. The molecule has 0 rings (SSSR count). The van der Waals surface area contributed by atoms with Crippen molar-refractivity contribution in [1.29, 1.82) is 0 Å². The van der Waals surface area contributed by atoms with Crippen LogP contribution >= 0.6 is 0 Å². The Labute approximate surface area is 380 Å². The van der Waals surface area contributed by atoms with Crippen molar-refractivity contribution in [3.63, 3.8) is 0 Å². The smallest absolute Gasteiger partial charge is 0.305 e. The molecule has 0 aliphatic rings. The molecule has 0 aromatic heterocycles. The molecule has 0 radical (unpaired) electrons. The average molecular weight is 863 g/mol. The van der Waals surface area contributed by atoms with E-state index in [1.54, 1.807) is 0 Å². The molecular formula is C54H106N2O5. The first-order valence-electron chi connectivity index (χ1n) is 26.9. The number of carbonyl (C=O) groups is 2. The van der Waals surface area contributed by atoms with Gasteiger partial charge in [-0.1, -0.05) is 201 Å². The lowest BCUT2D eigenvalue weighted by Gasteiger charge is -2.26. The van der Waals surface area contributed by atoms with Gasteiger partial charge in [0.25, 0.3) is 0 Å². The lowest BCUT2D eigenvalue weighted by Crippen LogP contribution is -2.35. The third-order valence-electron chi connectivity index (χ3n) is 12.9. The number of carbonyl (C=O) groups excluding carboxylic acids is 2. The Bertz CT molecular complexity index is 899. The fraction of sp³-hybridized carbons (Fsp3) is 0.926. The molecule has 0 bridgehead atoms. The quantitative estimate of drug-likeness (QED) is 0.0482. The topological polar surface area (TPSA) is 79.3 Å². The number of rotatable bonds is 50. The molecule has 0 saturated carbocycles. The molecule has 0 heterocycles. The van der Waals surface area contributed by atoms with Gasteiger partial charge in [-0.3, -0.25) is 14.5 Å². The van der Waals surface area contributed by atoms with Gasteiger partial charge in [0.2, 0.25) is 0 Å². The van der Waals surface area contributed by atoms with Crippen LogP contribution in [0.3, 0.4) is 0 Å². The number of esters is 2. The van der Waals surface area contributed by atoms with Crippen LogP contribution in [0, 0.1) is 11.8 Å². The van der Waals surface area contributed by atoms with E-state index in [4.69, 9.17) is 9.47 Å². The van der Waals surface area contributed by atoms with Gasteiger partial charge in [-0.15, -0.1) is 0 Å². The van der Waals surface area contributed by atoms with E-state index in [1.165, 1.54) is 180 Å². The first-order chi connectivity index (χ1) is 29.9. The second-order valence-corrected chi connectivity index (χ2v) is 18.7. The van der Waals surface area contributed by atoms with Crippen LogP contribution in [0.15, 0.2) is 12.8 Å². The molecule has 0 spiro atoms. The predicted molar refractivity (Wildman–Crippen MR) is 263 cm³/mol. The van der Waals surface area contributed by atoms with Crippen LogP contribution in [-0.2, 0) is 19.1 Å². The second-order valence-electron chi connectivity index (χ2n) is 18.7. The monoisotopic (exact) mass is 863 g/mol. The lowest BCUT2D eigenvalue weighted by atomic mass is 9.94. The van der Waals surface area contributed by atoms with E-state index in [0.29, 0.717) is 44.4 Å². The molecule has 0 saturated heterocycles. The third-order valence-corrected chi connectivity index (χ3v) is 12.9. The summed E-state index contributed by atoms with van der Waals surface area (Å²) in [6, 6.07) is 0. The molecule has 1 N–H and O–H groups in total. The summed E-state index contributed by atoms with van der Waals surface area (Å²) in [7, 11) is 0. The highest BCUT2D eigenvalue weighted by molar-refractivity contribution is 5.69. The Morgan fingerprint density at radius 1 is 0.443 bits per heavy atom. The van der Waals surface area contributed by atoms with Crippen LogP contribution in [-0.4, -0.2) is 79.4 Å². The van der Waals surface area contributed by atoms with Crippen molar-refractivity contribution in [2.45, 2.75) is 259 Å². The summed E-state index contributed by atoms with van der Waals surface area (Å²) in [6.45, 7) is 18.7. The first kappa shape index (κ1) is 59.4. The fourth-order valence-corrected chi connectivity index (χ4v) is 8.62. The molecule has 61 heavy (non-hydrogen) atoms. The number of hydrogen-bond acceptors (Lipinski definition) is 7. The van der Waals surface area contributed by atoms with Gasteiger partial charge in [-0.05, 0) is 75.9 Å². The van der Waals surface area contributed by atoms with Crippen molar-refractivity contribution in [1.82, 2.24) is 9.80 Å². The minimum absolute atomic E-state index is 0.0285. The van der Waals surface area contributed by atoms with Crippen LogP contribution in [0.2, 0.25) is 0 Å². The third kappa shape index (κ3) is 42.1. The van der Waals surface area contributed by atoms with E-state index in [9.17, 15) is 14.7 Å². The molecule has 0 atom stereocenters. The maximum absolute atomic E-state index is 12.7. The number of nitrogens with zero attached hydrogens (tertiary/aromatic N) is 2. The fourth-order valence-electron chi connectivity index (χ4n) is 8.62. The van der Waals surface area contributed by atoms with E-state index in [-0.39, 0.29) is 18.5 Å². The van der Waals surface area contributed by atoms with Crippen LogP contribution in [0.1, 0.15) is 259 Å². The first-order valence-corrected chi connectivity index (χ1v) is 26.9. The SMILES string of the molecule is C=CN(CCCCCC(=O)OCC(CCCCCCCC)CCCCCCCC)CCN(CCO)CCCCCC(=O)OCC(CCCCCCCC)CCCCCCCC. The summed E-state index contributed by atoms with van der Waals surface area (Å²) in [5, 5.41) is 9.73. The minimum atomic E-state index is -0.0344. The Balaban J connectivity index is 4.39. The highest BCUT2D eigenvalue weighted by Crippen LogP contribution is 2.22. The highest BCUT2D eigenvalue weighted by atomic mass is 16.5. The van der Waals surface area contributed by atoms with Gasteiger partial charge in [0.15, 0.2) is 0 Å². The summed E-state index contributed by atoms with van der Waals surface area (Å²) >= 11 is 0. The largest absolute Gasteiger partial charge is 0.465 e. The maximum Gasteiger partial charge on any atom is 0.305 e. The highest BCUT2D eigenvalue weighted by Gasteiger charge is 2.15. The molecule has 0 aromatic rings. The van der Waals surface area contributed by atoms with Crippen molar-refractivity contribution in [3.05, 3.63) is 12.8 Å². The van der Waals surface area contributed by atoms with Crippen LogP contribution in [0.4, 0.5) is 0 Å². The van der Waals surface area contributed by atoms with Gasteiger partial charge in [0, 0.05) is 39.0 Å². The standard InChI is InChI=1S/C54H106N2O5/c1-6-11-15-19-23-29-37-51(38-30-24-20-16-12-7-2)49-60-53(58)41-33-27-35-43-55(10-5)45-46-56(47-48-57)44-36-28-34-42-54(59)61-50-52(39-31-25-21-17-13-8-3)40-32-26-22-18-14-9-4/h10,51-52,57H,5-9,11-50H2,1-4H3. The number of aliphatic hydroxyl groups excluding tert-OH is 1. The van der Waals surface area contributed by atoms with E-state index in [1.807, 2.05) is 6.20 Å². The van der Waals surface area contributed by atoms with Crippen molar-refractivity contribution in [2.75, 3.05) is 52.5 Å². The molecule has 7 nitrogen and oxygen atoms in total. The van der Waals surface area contributed by atoms with Crippen molar-refractivity contribution >= 4 is 11.9 Å². The summed E-state index contributed by atoms with van der Waals surface area (Å²) in [6.07, 6.45) is 44.9. The van der Waals surface area contributed by atoms with Crippen molar-refractivity contribution in [2.24, 2.45) is 11.8 Å². The number of ether oxygens (including phenoxy) is 2. The van der Waals surface area contributed by atoms with Gasteiger partial charge in [0.05, 0.1) is 19.8 Å². The molecule has 0 aliphatic heterocycles. The van der Waals surface area contributed by atoms with Gasteiger partial charge in [0.1, 0.15) is 0 Å². The Morgan fingerprint density at radius 2 is 0.787 bits per heavy atom. The second kappa shape index (κ2) is 47.9. The van der Waals surface area contributed by atoms with Gasteiger partial charge < -0.3 is 19.5 Å². The number of hydrogen-bond donors (Lipinski definition) is 1. The Morgan fingerprint density at radius 3 is 1.15 bits per heavy atom. The maximum atomic E-state index is 12.7. The Kier molecular flexibility index (Phi) is 46.6. The molecular weight excluding hydrogens is 757 g/mol. The molecule has 0 amide bonds. The van der Waals surface area contributed by atoms with Crippen molar-refractivity contribution < 1.29 is 24.2 Å². The van der Waals surface area contributed by atoms with Crippen LogP contribution in [0.5, 0.6) is 0 Å². The van der Waals surface area contributed by atoms with E-state index < -0.39 is 0 Å². The summed E-state index contributed by atoms with van der Waals surface area (Å²) in [4.78, 5) is 30.0. The van der Waals surface area contributed by atoms with Gasteiger partial charge in [-0.25, -0.2) is 0 Å². The Hall–Kier alpha value is -1.60. The average Bonchev–Trinajstić information content (AvgIpc) is 3.26. The summed E-state index contributed by atoms with van der Waals surface area (Å²) in [5.74, 6) is 0.958. The summed E-state index contributed by atoms with van der Waals surface area (Å²) < 4.78 is 11.7. The molecule has 7 heteroatoms. The zero-order chi connectivity index (χ0) is 44.7. The zero-order valence-corrected chi connectivity index (χ0v) is 41.5. The van der Waals surface area contributed by atoms with E-state index >= 15 is 0 Å². The van der Waals surface area contributed by atoms with E-state index in [2.05, 4.69) is 44.1 Å². The number of unbranched alkanes of at least 4 members (excludes halogenated alkanes) is 24. The number of aliphatic hydroxyl groups is 1. The van der Waals surface area contributed by atoms with E-state index in [0.717, 1.165) is 64.7 Å². The van der Waals surface area contributed by atoms with Crippen LogP contribution < -0.4 is 0 Å². The predicted octanol–water partition coefficient (Wildman–Crippen LogP) is 15.2. The molecule has 0 unspecified atom stereocenters. The summed E-state index contributed by atoms with van der Waals surface area (Å²) in [5.41, 5.74) is 0. The zero-order valence-electron chi connectivity index (χ0n) is 41.5. The van der Waals surface area contributed by atoms with Gasteiger partial charge >= 0.3 is 11.9 Å². The van der Waals surface area contributed by atoms with Gasteiger partial charge in [-0.2, -0.15) is 0 Å².